The lowest BCUT2D eigenvalue weighted by atomic mass is 10.1. The molecule has 0 spiro atoms. The minimum Gasteiger partial charge on any atom is -0.389 e. The van der Waals surface area contributed by atoms with Crippen molar-refractivity contribution in [2.24, 2.45) is 0 Å². The van der Waals surface area contributed by atoms with Gasteiger partial charge in [0, 0.05) is 6.54 Å². The van der Waals surface area contributed by atoms with Gasteiger partial charge in [-0.05, 0) is 41.9 Å². The number of aromatic nitrogens is 6. The van der Waals surface area contributed by atoms with E-state index in [0.29, 0.717) is 30.6 Å². The van der Waals surface area contributed by atoms with Crippen molar-refractivity contribution in [1.82, 2.24) is 29.5 Å². The molecule has 4 rings (SSSR count). The van der Waals surface area contributed by atoms with E-state index in [9.17, 15) is 5.11 Å². The first-order valence-corrected chi connectivity index (χ1v) is 9.23. The molecule has 0 amide bonds. The predicted octanol–water partition coefficient (Wildman–Crippen LogP) is 2.56. The highest BCUT2D eigenvalue weighted by molar-refractivity contribution is 9.10. The number of para-hydroxylation sites is 2. The van der Waals surface area contributed by atoms with E-state index >= 15 is 0 Å². The Morgan fingerprint density at radius 1 is 1.19 bits per heavy atom. The number of hydrogen-bond acceptors (Lipinski definition) is 7. The lowest BCUT2D eigenvalue weighted by Gasteiger charge is -2.18. The van der Waals surface area contributed by atoms with Crippen molar-refractivity contribution in [2.45, 2.75) is 26.0 Å². The molecular formula is C17H19BrN8O. The molecule has 10 heteroatoms. The third-order valence-corrected chi connectivity index (χ3v) is 4.42. The number of imidazole rings is 1. The Labute approximate surface area is 163 Å². The van der Waals surface area contributed by atoms with Crippen LogP contribution in [0.25, 0.3) is 16.7 Å². The van der Waals surface area contributed by atoms with Gasteiger partial charge in [0.05, 0.1) is 33.8 Å². The summed E-state index contributed by atoms with van der Waals surface area (Å²) in [6.45, 7) is 4.20. The number of nitrogens with one attached hydrogen (secondary N) is 3. The van der Waals surface area contributed by atoms with E-state index in [2.05, 4.69) is 51.6 Å². The summed E-state index contributed by atoms with van der Waals surface area (Å²) in [4.78, 5) is 16.8. The number of hydrogen-bond donors (Lipinski definition) is 4. The van der Waals surface area contributed by atoms with Crippen LogP contribution < -0.4 is 10.6 Å². The average molecular weight is 431 g/mol. The Bertz CT molecular complexity index is 1060. The molecule has 4 aromatic rings. The second-order valence-corrected chi connectivity index (χ2v) is 7.67. The maximum atomic E-state index is 9.92. The van der Waals surface area contributed by atoms with Crippen molar-refractivity contribution in [1.29, 1.82) is 0 Å². The van der Waals surface area contributed by atoms with Crippen molar-refractivity contribution in [3.8, 4) is 0 Å². The fourth-order valence-electron chi connectivity index (χ4n) is 2.59. The topological polar surface area (TPSA) is 116 Å². The van der Waals surface area contributed by atoms with Gasteiger partial charge in [-0.1, -0.05) is 12.1 Å². The zero-order valence-electron chi connectivity index (χ0n) is 14.9. The summed E-state index contributed by atoms with van der Waals surface area (Å²) >= 11 is 3.45. The van der Waals surface area contributed by atoms with Crippen molar-refractivity contribution in [2.75, 3.05) is 17.2 Å². The molecule has 0 fully saturated rings. The zero-order valence-corrected chi connectivity index (χ0v) is 16.4. The molecule has 0 saturated heterocycles. The largest absolute Gasteiger partial charge is 0.389 e. The Hall–Kier alpha value is -2.72. The minimum atomic E-state index is -0.880. The molecule has 0 radical (unpaired) electrons. The number of H-pyrrole nitrogens is 1. The normalized spacial score (nSPS) is 12.0. The number of aliphatic hydroxyl groups is 1. The Balaban J connectivity index is 1.61. The second-order valence-electron chi connectivity index (χ2n) is 6.82. The number of nitrogens with zero attached hydrogens (tertiary/aromatic N) is 5. The van der Waals surface area contributed by atoms with Crippen LogP contribution in [0.3, 0.4) is 0 Å². The lowest BCUT2D eigenvalue weighted by molar-refractivity contribution is 0.0943. The van der Waals surface area contributed by atoms with Gasteiger partial charge >= 0.3 is 0 Å². The number of benzene rings is 1. The van der Waals surface area contributed by atoms with Gasteiger partial charge in [0.2, 0.25) is 11.9 Å². The predicted molar refractivity (Wildman–Crippen MR) is 107 cm³/mol. The molecule has 0 unspecified atom stereocenters. The van der Waals surface area contributed by atoms with Crippen LogP contribution in [0.15, 0.2) is 34.9 Å². The Morgan fingerprint density at radius 3 is 2.78 bits per heavy atom. The number of anilines is 2. The molecule has 0 aliphatic rings. The average Bonchev–Trinajstić information content (AvgIpc) is 3.21. The van der Waals surface area contributed by atoms with Crippen molar-refractivity contribution in [3.63, 3.8) is 0 Å². The van der Waals surface area contributed by atoms with Gasteiger partial charge in [-0.15, -0.1) is 0 Å². The van der Waals surface area contributed by atoms with E-state index in [1.165, 1.54) is 0 Å². The molecule has 0 aliphatic heterocycles. The minimum absolute atomic E-state index is 0.317. The van der Waals surface area contributed by atoms with E-state index in [1.54, 1.807) is 24.6 Å². The smallest absolute Gasteiger partial charge is 0.229 e. The molecule has 0 atom stereocenters. The molecular weight excluding hydrogens is 412 g/mol. The Kier molecular flexibility index (Phi) is 4.44. The van der Waals surface area contributed by atoms with Crippen LogP contribution in [0.1, 0.15) is 19.7 Å². The molecule has 0 aliphatic carbocycles. The maximum Gasteiger partial charge on any atom is 0.229 e. The van der Waals surface area contributed by atoms with E-state index in [4.69, 9.17) is 0 Å². The number of rotatable bonds is 6. The van der Waals surface area contributed by atoms with Gasteiger partial charge < -0.3 is 20.7 Å². The summed E-state index contributed by atoms with van der Waals surface area (Å²) in [5, 5.41) is 20.5. The molecule has 140 valence electrons. The standard InChI is InChI=1S/C17H19BrN8O/c1-17(2,27)9-20-15-24-14-10(18)7-21-26(14)16(25-15)19-8-13-22-11-5-3-4-6-12(11)23-13/h3-7,27H,8-9H2,1-2H3,(H,22,23)(H2,19,20,24,25). The lowest BCUT2D eigenvalue weighted by Crippen LogP contribution is -2.30. The van der Waals surface area contributed by atoms with Crippen LogP contribution in [0.2, 0.25) is 0 Å². The molecule has 27 heavy (non-hydrogen) atoms. The Morgan fingerprint density at radius 2 is 2.00 bits per heavy atom. The van der Waals surface area contributed by atoms with Crippen LogP contribution in [0, 0.1) is 0 Å². The SMILES string of the molecule is CC(C)(O)CNc1nc(NCc2nc3ccccc3[nH]2)n2ncc(Br)c2n1. The summed E-state index contributed by atoms with van der Waals surface area (Å²) < 4.78 is 2.37. The number of fused-ring (bicyclic) bond motifs is 2. The summed E-state index contributed by atoms with van der Waals surface area (Å²) in [6, 6.07) is 7.86. The first-order chi connectivity index (χ1) is 12.9. The first-order valence-electron chi connectivity index (χ1n) is 8.44. The second kappa shape index (κ2) is 6.78. The van der Waals surface area contributed by atoms with Crippen molar-refractivity contribution < 1.29 is 5.11 Å². The van der Waals surface area contributed by atoms with Crippen molar-refractivity contribution in [3.05, 3.63) is 40.8 Å². The highest BCUT2D eigenvalue weighted by Crippen LogP contribution is 2.20. The van der Waals surface area contributed by atoms with E-state index < -0.39 is 5.60 Å². The van der Waals surface area contributed by atoms with Crippen molar-refractivity contribution >= 4 is 44.5 Å². The van der Waals surface area contributed by atoms with E-state index in [0.717, 1.165) is 21.3 Å². The summed E-state index contributed by atoms with van der Waals surface area (Å²) in [7, 11) is 0. The van der Waals surface area contributed by atoms with Crippen LogP contribution in [0.4, 0.5) is 11.9 Å². The molecule has 3 aromatic heterocycles. The number of aromatic amines is 1. The summed E-state index contributed by atoms with van der Waals surface area (Å²) in [5.41, 5.74) is 1.64. The molecule has 9 nitrogen and oxygen atoms in total. The van der Waals surface area contributed by atoms with Gasteiger partial charge in [-0.25, -0.2) is 4.98 Å². The third kappa shape index (κ3) is 3.86. The van der Waals surface area contributed by atoms with Crippen LogP contribution in [-0.2, 0) is 6.54 Å². The zero-order chi connectivity index (χ0) is 19.0. The molecule has 3 heterocycles. The van der Waals surface area contributed by atoms with Gasteiger partial charge in [0.1, 0.15) is 5.82 Å². The fourth-order valence-corrected chi connectivity index (χ4v) is 2.94. The molecule has 0 saturated carbocycles. The summed E-state index contributed by atoms with van der Waals surface area (Å²) in [6.07, 6.45) is 1.66. The monoisotopic (exact) mass is 430 g/mol. The highest BCUT2D eigenvalue weighted by Gasteiger charge is 2.16. The van der Waals surface area contributed by atoms with E-state index in [1.807, 2.05) is 24.3 Å². The molecule has 1 aromatic carbocycles. The van der Waals surface area contributed by atoms with Crippen LogP contribution >= 0.6 is 15.9 Å². The third-order valence-electron chi connectivity index (χ3n) is 3.86. The van der Waals surface area contributed by atoms with E-state index in [-0.39, 0.29) is 0 Å². The fraction of sp³-hybridized carbons (Fsp3) is 0.294. The van der Waals surface area contributed by atoms with Gasteiger partial charge in [0.25, 0.3) is 0 Å². The van der Waals surface area contributed by atoms with Gasteiger partial charge in [-0.3, -0.25) is 0 Å². The summed E-state index contributed by atoms with van der Waals surface area (Å²) in [5.74, 6) is 1.71. The van der Waals surface area contributed by atoms with Gasteiger partial charge in [0.15, 0.2) is 5.65 Å². The van der Waals surface area contributed by atoms with Crippen LogP contribution in [0.5, 0.6) is 0 Å². The maximum absolute atomic E-state index is 9.92. The number of halogens is 1. The van der Waals surface area contributed by atoms with Gasteiger partial charge in [-0.2, -0.15) is 19.6 Å². The highest BCUT2D eigenvalue weighted by atomic mass is 79.9. The molecule has 4 N–H and O–H groups in total. The van der Waals surface area contributed by atoms with Crippen LogP contribution in [-0.4, -0.2) is 46.8 Å². The first kappa shape index (κ1) is 17.7. The quantitative estimate of drug-likeness (QED) is 0.371. The molecule has 0 bridgehead atoms.